The van der Waals surface area contributed by atoms with Gasteiger partial charge in [-0.1, -0.05) is 44.2 Å². The Labute approximate surface area is 139 Å². The van der Waals surface area contributed by atoms with Gasteiger partial charge in [-0.05, 0) is 23.6 Å². The van der Waals surface area contributed by atoms with Crippen molar-refractivity contribution in [2.45, 2.75) is 25.6 Å². The van der Waals surface area contributed by atoms with Crippen molar-refractivity contribution in [2.24, 2.45) is 0 Å². The average molecular weight is 329 g/mol. The van der Waals surface area contributed by atoms with Gasteiger partial charge in [0.1, 0.15) is 5.01 Å². The highest BCUT2D eigenvalue weighted by Crippen LogP contribution is 2.34. The van der Waals surface area contributed by atoms with Gasteiger partial charge in [-0.2, -0.15) is 0 Å². The van der Waals surface area contributed by atoms with Gasteiger partial charge in [-0.3, -0.25) is 4.98 Å². The van der Waals surface area contributed by atoms with E-state index < -0.39 is 0 Å². The summed E-state index contributed by atoms with van der Waals surface area (Å²) in [6.07, 6.45) is 1.79. The smallest absolute Gasteiger partial charge is 0.142 e. The van der Waals surface area contributed by atoms with Crippen LogP contribution < -0.4 is 0 Å². The molecule has 112 valence electrons. The molecule has 0 N–H and O–H groups in total. The molecule has 2 nitrogen and oxygen atoms in total. The zero-order valence-electron chi connectivity index (χ0n) is 12.6. The number of benzene rings is 1. The minimum absolute atomic E-state index is 0.464. The number of rotatable bonds is 4. The van der Waals surface area contributed by atoms with Crippen LogP contribution in [0.25, 0.3) is 22.0 Å². The molecule has 0 fully saturated rings. The van der Waals surface area contributed by atoms with Crippen LogP contribution in [-0.4, -0.2) is 9.97 Å². The predicted molar refractivity (Wildman–Crippen MR) is 94.4 cm³/mol. The fourth-order valence-corrected chi connectivity index (χ4v) is 3.49. The molecule has 1 aromatic carbocycles. The molecule has 0 radical (unpaired) electrons. The summed E-state index contributed by atoms with van der Waals surface area (Å²) in [7, 11) is 0. The Hall–Kier alpha value is -1.71. The van der Waals surface area contributed by atoms with Gasteiger partial charge >= 0.3 is 0 Å². The first-order chi connectivity index (χ1) is 10.7. The molecule has 0 saturated heterocycles. The van der Waals surface area contributed by atoms with E-state index in [-0.39, 0.29) is 0 Å². The van der Waals surface area contributed by atoms with Crippen molar-refractivity contribution in [1.82, 2.24) is 9.97 Å². The number of thiazole rings is 1. The number of nitrogens with zero attached hydrogens (tertiary/aromatic N) is 2. The highest BCUT2D eigenvalue weighted by Gasteiger charge is 2.14. The third-order valence-electron chi connectivity index (χ3n) is 3.55. The Morgan fingerprint density at radius 3 is 2.45 bits per heavy atom. The van der Waals surface area contributed by atoms with Crippen molar-refractivity contribution >= 4 is 22.9 Å². The molecule has 2 aromatic heterocycles. The molecule has 2 heterocycles. The molecule has 0 atom stereocenters. The molecule has 0 spiro atoms. The minimum Gasteiger partial charge on any atom is -0.254 e. The summed E-state index contributed by atoms with van der Waals surface area (Å²) in [6.45, 7) is 4.39. The highest BCUT2D eigenvalue weighted by molar-refractivity contribution is 7.15. The largest absolute Gasteiger partial charge is 0.254 e. The summed E-state index contributed by atoms with van der Waals surface area (Å²) in [5, 5.41) is 0.916. The van der Waals surface area contributed by atoms with Crippen molar-refractivity contribution in [3.8, 4) is 22.0 Å². The standard InChI is InChI=1S/C18H17ClN2S/c1-12(2)13-6-8-14(9-7-13)17-16(11-19)22-18(21-17)15-5-3-4-10-20-15/h3-10,12H,11H2,1-2H3. The second-order valence-corrected chi connectivity index (χ2v) is 6.77. The summed E-state index contributed by atoms with van der Waals surface area (Å²) in [4.78, 5) is 10.2. The maximum Gasteiger partial charge on any atom is 0.142 e. The van der Waals surface area contributed by atoms with Crippen LogP contribution in [0.4, 0.5) is 0 Å². The molecule has 0 saturated carbocycles. The van der Waals surface area contributed by atoms with E-state index in [2.05, 4.69) is 43.1 Å². The van der Waals surface area contributed by atoms with E-state index >= 15 is 0 Å². The van der Waals surface area contributed by atoms with E-state index in [1.165, 1.54) is 5.56 Å². The number of hydrogen-bond donors (Lipinski definition) is 0. The van der Waals surface area contributed by atoms with Gasteiger partial charge in [0.15, 0.2) is 0 Å². The maximum atomic E-state index is 6.11. The third kappa shape index (κ3) is 3.06. The van der Waals surface area contributed by atoms with Gasteiger partial charge in [0.2, 0.25) is 0 Å². The Morgan fingerprint density at radius 2 is 1.86 bits per heavy atom. The predicted octanol–water partition coefficient (Wildman–Crippen LogP) is 5.73. The normalized spacial score (nSPS) is 11.1. The summed E-state index contributed by atoms with van der Waals surface area (Å²) < 4.78 is 0. The summed E-state index contributed by atoms with van der Waals surface area (Å²) in [5.74, 6) is 0.993. The monoisotopic (exact) mass is 328 g/mol. The van der Waals surface area contributed by atoms with E-state index in [0.717, 1.165) is 26.8 Å². The number of aromatic nitrogens is 2. The first-order valence-electron chi connectivity index (χ1n) is 7.26. The van der Waals surface area contributed by atoms with Crippen LogP contribution in [0.15, 0.2) is 48.7 Å². The molecule has 0 amide bonds. The van der Waals surface area contributed by atoms with Crippen LogP contribution in [0.1, 0.15) is 30.2 Å². The van der Waals surface area contributed by atoms with Crippen LogP contribution in [-0.2, 0) is 5.88 Å². The van der Waals surface area contributed by atoms with Crippen molar-refractivity contribution in [2.75, 3.05) is 0 Å². The molecule has 3 aromatic rings. The van der Waals surface area contributed by atoms with Gasteiger partial charge in [0, 0.05) is 16.6 Å². The zero-order chi connectivity index (χ0) is 15.5. The summed E-state index contributed by atoms with van der Waals surface area (Å²) in [6, 6.07) is 14.4. The van der Waals surface area contributed by atoms with Crippen LogP contribution in [0, 0.1) is 0 Å². The number of alkyl halides is 1. The fourth-order valence-electron chi connectivity index (χ4n) is 2.29. The first kappa shape index (κ1) is 15.2. The SMILES string of the molecule is CC(C)c1ccc(-c2nc(-c3ccccn3)sc2CCl)cc1. The van der Waals surface area contributed by atoms with E-state index in [1.807, 2.05) is 18.2 Å². The Kier molecular flexibility index (Phi) is 4.55. The van der Waals surface area contributed by atoms with Gasteiger partial charge in [-0.25, -0.2) is 4.98 Å². The minimum atomic E-state index is 0.464. The van der Waals surface area contributed by atoms with Crippen molar-refractivity contribution in [1.29, 1.82) is 0 Å². The molecule has 3 rings (SSSR count). The molecular weight excluding hydrogens is 312 g/mol. The molecule has 0 unspecified atom stereocenters. The third-order valence-corrected chi connectivity index (χ3v) is 5.06. The van der Waals surface area contributed by atoms with Crippen molar-refractivity contribution in [3.05, 3.63) is 59.1 Å². The number of hydrogen-bond acceptors (Lipinski definition) is 3. The first-order valence-corrected chi connectivity index (χ1v) is 8.61. The quantitative estimate of drug-likeness (QED) is 0.571. The topological polar surface area (TPSA) is 25.8 Å². The molecule has 4 heteroatoms. The lowest BCUT2D eigenvalue weighted by Crippen LogP contribution is -1.88. The van der Waals surface area contributed by atoms with E-state index in [4.69, 9.17) is 16.6 Å². The van der Waals surface area contributed by atoms with Crippen LogP contribution >= 0.6 is 22.9 Å². The van der Waals surface area contributed by atoms with Gasteiger partial charge in [-0.15, -0.1) is 22.9 Å². The Morgan fingerprint density at radius 1 is 1.09 bits per heavy atom. The molecule has 0 aliphatic carbocycles. The average Bonchev–Trinajstić information content (AvgIpc) is 3.00. The van der Waals surface area contributed by atoms with E-state index in [1.54, 1.807) is 17.5 Å². The summed E-state index contributed by atoms with van der Waals surface area (Å²) in [5.41, 5.74) is 4.30. The molecule has 0 bridgehead atoms. The second kappa shape index (κ2) is 6.59. The number of pyridine rings is 1. The number of halogens is 1. The van der Waals surface area contributed by atoms with Gasteiger partial charge in [0.05, 0.1) is 17.3 Å². The van der Waals surface area contributed by atoms with Gasteiger partial charge < -0.3 is 0 Å². The Balaban J connectivity index is 2.01. The summed E-state index contributed by atoms with van der Waals surface area (Å²) >= 11 is 7.73. The molecular formula is C18H17ClN2S. The van der Waals surface area contributed by atoms with E-state index in [9.17, 15) is 0 Å². The lowest BCUT2D eigenvalue weighted by molar-refractivity contribution is 0.867. The molecule has 0 aliphatic rings. The second-order valence-electron chi connectivity index (χ2n) is 5.42. The molecule has 0 aliphatic heterocycles. The van der Waals surface area contributed by atoms with Crippen LogP contribution in [0.5, 0.6) is 0 Å². The zero-order valence-corrected chi connectivity index (χ0v) is 14.2. The van der Waals surface area contributed by atoms with Gasteiger partial charge in [0.25, 0.3) is 0 Å². The van der Waals surface area contributed by atoms with Crippen molar-refractivity contribution < 1.29 is 0 Å². The molecule has 22 heavy (non-hydrogen) atoms. The lowest BCUT2D eigenvalue weighted by atomic mass is 10.0. The highest BCUT2D eigenvalue weighted by atomic mass is 35.5. The van der Waals surface area contributed by atoms with Crippen LogP contribution in [0.3, 0.4) is 0 Å². The maximum absolute atomic E-state index is 6.11. The lowest BCUT2D eigenvalue weighted by Gasteiger charge is -2.06. The fraction of sp³-hybridized carbons (Fsp3) is 0.222. The van der Waals surface area contributed by atoms with Crippen molar-refractivity contribution in [3.63, 3.8) is 0 Å². The Bertz CT molecular complexity index is 749. The van der Waals surface area contributed by atoms with Crippen LogP contribution in [0.2, 0.25) is 0 Å². The van der Waals surface area contributed by atoms with E-state index in [0.29, 0.717) is 11.8 Å².